The van der Waals surface area contributed by atoms with Crippen LogP contribution in [-0.4, -0.2) is 11.1 Å². The van der Waals surface area contributed by atoms with Gasteiger partial charge in [-0.05, 0) is 25.7 Å². The summed E-state index contributed by atoms with van der Waals surface area (Å²) in [7, 11) is 0. The summed E-state index contributed by atoms with van der Waals surface area (Å²) < 4.78 is 0. The molecule has 0 spiro atoms. The Balaban J connectivity index is 2.36. The Morgan fingerprint density at radius 1 is 0.778 bits per heavy atom. The Morgan fingerprint density at radius 2 is 1.22 bits per heavy atom. The summed E-state index contributed by atoms with van der Waals surface area (Å²) in [5.74, 6) is -0.709. The minimum absolute atomic E-state index is 0.643. The van der Waals surface area contributed by atoms with Gasteiger partial charge in [-0.1, -0.05) is 63.9 Å². The number of rotatable bonds is 1. The lowest BCUT2D eigenvalue weighted by atomic mass is 10.0. The molecular formula is C16H28O2. The fourth-order valence-electron chi connectivity index (χ4n) is 2.62. The van der Waals surface area contributed by atoms with Crippen molar-refractivity contribution in [2.45, 2.75) is 83.5 Å². The SMILES string of the molecule is O=C(O)C1=CCCCCCCCCCCCCC1. The first-order valence-electron chi connectivity index (χ1n) is 7.73. The lowest BCUT2D eigenvalue weighted by Crippen LogP contribution is -2.00. The Bertz CT molecular complexity index is 256. The molecule has 0 saturated carbocycles. The molecule has 0 atom stereocenters. The summed E-state index contributed by atoms with van der Waals surface area (Å²) >= 11 is 0. The highest BCUT2D eigenvalue weighted by atomic mass is 16.4. The minimum Gasteiger partial charge on any atom is -0.478 e. The van der Waals surface area contributed by atoms with Gasteiger partial charge in [-0.15, -0.1) is 0 Å². The number of aliphatic carboxylic acids is 1. The number of allylic oxidation sites excluding steroid dienone is 1. The molecule has 1 aliphatic carbocycles. The van der Waals surface area contributed by atoms with Crippen LogP contribution in [0.2, 0.25) is 0 Å². The van der Waals surface area contributed by atoms with Crippen LogP contribution >= 0.6 is 0 Å². The number of carbonyl (C=O) groups is 1. The Hall–Kier alpha value is -0.790. The summed E-state index contributed by atoms with van der Waals surface area (Å²) in [4.78, 5) is 11.1. The average molecular weight is 252 g/mol. The van der Waals surface area contributed by atoms with Crippen LogP contribution < -0.4 is 0 Å². The first kappa shape index (κ1) is 15.3. The standard InChI is InChI=1S/C16H28O2/c17-16(18)15-13-11-9-7-5-3-1-2-4-6-8-10-12-14-15/h13H,1-12,14H2,(H,17,18). The van der Waals surface area contributed by atoms with Gasteiger partial charge >= 0.3 is 5.97 Å². The Morgan fingerprint density at radius 3 is 1.72 bits per heavy atom. The molecular weight excluding hydrogens is 224 g/mol. The van der Waals surface area contributed by atoms with Crippen LogP contribution in [0.4, 0.5) is 0 Å². The second-order valence-corrected chi connectivity index (χ2v) is 5.46. The van der Waals surface area contributed by atoms with E-state index in [1.54, 1.807) is 0 Å². The number of hydrogen-bond donors (Lipinski definition) is 1. The predicted molar refractivity (Wildman–Crippen MR) is 75.7 cm³/mol. The first-order valence-corrected chi connectivity index (χ1v) is 7.73. The molecule has 0 aliphatic heterocycles. The summed E-state index contributed by atoms with van der Waals surface area (Å²) in [6, 6.07) is 0. The fourth-order valence-corrected chi connectivity index (χ4v) is 2.62. The van der Waals surface area contributed by atoms with Gasteiger partial charge in [0.1, 0.15) is 0 Å². The van der Waals surface area contributed by atoms with Crippen LogP contribution in [0.5, 0.6) is 0 Å². The first-order chi connectivity index (χ1) is 8.80. The molecule has 0 aromatic rings. The van der Waals surface area contributed by atoms with Crippen molar-refractivity contribution in [3.8, 4) is 0 Å². The molecule has 2 heteroatoms. The van der Waals surface area contributed by atoms with Crippen molar-refractivity contribution < 1.29 is 9.90 Å². The highest BCUT2D eigenvalue weighted by molar-refractivity contribution is 5.86. The normalized spacial score (nSPS) is 21.4. The van der Waals surface area contributed by atoms with E-state index < -0.39 is 5.97 Å². The van der Waals surface area contributed by atoms with Crippen molar-refractivity contribution in [3.63, 3.8) is 0 Å². The van der Waals surface area contributed by atoms with Crippen LogP contribution in [-0.2, 0) is 4.79 Å². The van der Waals surface area contributed by atoms with Crippen molar-refractivity contribution in [3.05, 3.63) is 11.6 Å². The molecule has 1 rings (SSSR count). The molecule has 0 aromatic carbocycles. The smallest absolute Gasteiger partial charge is 0.331 e. The minimum atomic E-state index is -0.709. The van der Waals surface area contributed by atoms with Crippen molar-refractivity contribution in [1.29, 1.82) is 0 Å². The topological polar surface area (TPSA) is 37.3 Å². The monoisotopic (exact) mass is 252 g/mol. The van der Waals surface area contributed by atoms with Crippen molar-refractivity contribution in [1.82, 2.24) is 0 Å². The molecule has 0 saturated heterocycles. The molecule has 0 aromatic heterocycles. The Labute approximate surface area is 111 Å². The summed E-state index contributed by atoms with van der Waals surface area (Å²) in [5, 5.41) is 9.12. The largest absolute Gasteiger partial charge is 0.478 e. The molecule has 104 valence electrons. The molecule has 1 N–H and O–H groups in total. The Kier molecular flexibility index (Phi) is 8.62. The maximum Gasteiger partial charge on any atom is 0.331 e. The van der Waals surface area contributed by atoms with Gasteiger partial charge in [0, 0.05) is 5.57 Å². The van der Waals surface area contributed by atoms with Gasteiger partial charge in [-0.3, -0.25) is 0 Å². The van der Waals surface area contributed by atoms with Gasteiger partial charge in [-0.25, -0.2) is 4.79 Å². The van der Waals surface area contributed by atoms with E-state index in [1.165, 1.54) is 57.8 Å². The van der Waals surface area contributed by atoms with E-state index in [-0.39, 0.29) is 0 Å². The average Bonchev–Trinajstić information content (AvgIpc) is 2.36. The van der Waals surface area contributed by atoms with Gasteiger partial charge < -0.3 is 5.11 Å². The number of hydrogen-bond acceptors (Lipinski definition) is 1. The highest BCUT2D eigenvalue weighted by Gasteiger charge is 2.06. The lowest BCUT2D eigenvalue weighted by molar-refractivity contribution is -0.132. The zero-order chi connectivity index (χ0) is 13.1. The van der Waals surface area contributed by atoms with E-state index in [0.717, 1.165) is 25.7 Å². The zero-order valence-corrected chi connectivity index (χ0v) is 11.6. The van der Waals surface area contributed by atoms with Crippen LogP contribution in [0.15, 0.2) is 11.6 Å². The van der Waals surface area contributed by atoms with E-state index in [4.69, 9.17) is 5.11 Å². The molecule has 18 heavy (non-hydrogen) atoms. The summed E-state index contributed by atoms with van der Waals surface area (Å²) in [6.07, 6.45) is 17.7. The van der Waals surface area contributed by atoms with Gasteiger partial charge in [0.05, 0.1) is 0 Å². The lowest BCUT2D eigenvalue weighted by Gasteiger charge is -2.03. The molecule has 0 bridgehead atoms. The van der Waals surface area contributed by atoms with E-state index >= 15 is 0 Å². The van der Waals surface area contributed by atoms with E-state index in [0.29, 0.717) is 5.57 Å². The molecule has 0 heterocycles. The van der Waals surface area contributed by atoms with Crippen LogP contribution in [0, 0.1) is 0 Å². The molecule has 0 amide bonds. The number of carboxylic acids is 1. The maximum absolute atomic E-state index is 11.1. The predicted octanol–water partition coefficient (Wildman–Crippen LogP) is 5.08. The fraction of sp³-hybridized carbons (Fsp3) is 0.812. The molecule has 1 aliphatic rings. The van der Waals surface area contributed by atoms with Gasteiger partial charge in [0.25, 0.3) is 0 Å². The van der Waals surface area contributed by atoms with E-state index in [9.17, 15) is 4.79 Å². The van der Waals surface area contributed by atoms with Crippen molar-refractivity contribution in [2.75, 3.05) is 0 Å². The quantitative estimate of drug-likeness (QED) is 0.706. The zero-order valence-electron chi connectivity index (χ0n) is 11.6. The summed E-state index contributed by atoms with van der Waals surface area (Å²) in [5.41, 5.74) is 0.643. The van der Waals surface area contributed by atoms with E-state index in [2.05, 4.69) is 0 Å². The highest BCUT2D eigenvalue weighted by Crippen LogP contribution is 2.16. The van der Waals surface area contributed by atoms with Gasteiger partial charge in [0.2, 0.25) is 0 Å². The third kappa shape index (κ3) is 7.52. The van der Waals surface area contributed by atoms with Crippen LogP contribution in [0.25, 0.3) is 0 Å². The second kappa shape index (κ2) is 10.2. The molecule has 2 nitrogen and oxygen atoms in total. The number of carboxylic acid groups (broad SMARTS) is 1. The van der Waals surface area contributed by atoms with Gasteiger partial charge in [0.15, 0.2) is 0 Å². The molecule has 0 unspecified atom stereocenters. The third-order valence-corrected chi connectivity index (χ3v) is 3.82. The molecule has 0 fully saturated rings. The summed E-state index contributed by atoms with van der Waals surface area (Å²) in [6.45, 7) is 0. The van der Waals surface area contributed by atoms with Crippen molar-refractivity contribution in [2.24, 2.45) is 0 Å². The van der Waals surface area contributed by atoms with E-state index in [1.807, 2.05) is 6.08 Å². The third-order valence-electron chi connectivity index (χ3n) is 3.82. The van der Waals surface area contributed by atoms with Crippen LogP contribution in [0.3, 0.4) is 0 Å². The van der Waals surface area contributed by atoms with Gasteiger partial charge in [-0.2, -0.15) is 0 Å². The van der Waals surface area contributed by atoms with Crippen LogP contribution in [0.1, 0.15) is 83.5 Å². The maximum atomic E-state index is 11.1. The van der Waals surface area contributed by atoms with Crippen molar-refractivity contribution >= 4 is 5.97 Å². The molecule has 0 radical (unpaired) electrons. The second-order valence-electron chi connectivity index (χ2n) is 5.46.